The fraction of sp³-hybridized carbons (Fsp3) is 0.192. The van der Waals surface area contributed by atoms with E-state index in [2.05, 4.69) is 0 Å². The summed E-state index contributed by atoms with van der Waals surface area (Å²) in [7, 11) is 0. The van der Waals surface area contributed by atoms with Crippen molar-refractivity contribution >= 4 is 34.9 Å². The fourth-order valence-electron chi connectivity index (χ4n) is 3.99. The molecule has 0 radical (unpaired) electrons. The van der Waals surface area contributed by atoms with Crippen molar-refractivity contribution in [2.45, 2.75) is 19.9 Å². The van der Waals surface area contributed by atoms with Crippen LogP contribution in [0.25, 0.3) is 11.6 Å². The second kappa shape index (κ2) is 10.3. The second-order valence-corrected chi connectivity index (χ2v) is 8.71. The van der Waals surface area contributed by atoms with Crippen LogP contribution in [-0.2, 0) is 19.1 Å². The van der Waals surface area contributed by atoms with Gasteiger partial charge in [-0.1, -0.05) is 36.4 Å². The van der Waals surface area contributed by atoms with Crippen LogP contribution in [0.4, 0.5) is 8.78 Å². The van der Waals surface area contributed by atoms with E-state index in [4.69, 9.17) is 15.2 Å². The number of aromatic nitrogens is 1. The Morgan fingerprint density at radius 3 is 2.25 bits per heavy atom. The average molecular weight is 513 g/mol. The minimum atomic E-state index is -1.33. The highest BCUT2D eigenvalue weighted by molar-refractivity contribution is 7.07. The zero-order valence-electron chi connectivity index (χ0n) is 19.4. The lowest BCUT2D eigenvalue weighted by molar-refractivity contribution is -0.139. The van der Waals surface area contributed by atoms with Gasteiger partial charge in [0.2, 0.25) is 0 Å². The van der Waals surface area contributed by atoms with Crippen LogP contribution < -0.4 is 20.5 Å². The topological polar surface area (TPSA) is 101 Å². The molecule has 0 aliphatic carbocycles. The molecule has 3 aromatic rings. The molecule has 186 valence electrons. The molecule has 7 nitrogen and oxygen atoms in total. The lowest BCUT2D eigenvalue weighted by Gasteiger charge is -2.27. The molecule has 0 amide bonds. The number of halogens is 2. The second-order valence-electron chi connectivity index (χ2n) is 7.68. The smallest absolute Gasteiger partial charge is 0.343 e. The number of hydrogen-bond acceptors (Lipinski definition) is 7. The number of esters is 2. The number of rotatable bonds is 6. The Labute approximate surface area is 208 Å². The van der Waals surface area contributed by atoms with Gasteiger partial charge in [0.15, 0.2) is 0 Å². The number of fused-ring (bicyclic) bond motifs is 1. The molecule has 2 N–H and O–H groups in total. The van der Waals surface area contributed by atoms with Crippen LogP contribution in [0.2, 0.25) is 0 Å². The van der Waals surface area contributed by atoms with Crippen LogP contribution in [0.3, 0.4) is 0 Å². The van der Waals surface area contributed by atoms with Gasteiger partial charge in [-0.3, -0.25) is 9.36 Å². The predicted molar refractivity (Wildman–Crippen MR) is 130 cm³/mol. The van der Waals surface area contributed by atoms with Crippen LogP contribution in [0, 0.1) is 11.6 Å². The van der Waals surface area contributed by atoms with E-state index in [0.29, 0.717) is 0 Å². The summed E-state index contributed by atoms with van der Waals surface area (Å²) >= 11 is 0.865. The number of thiazole rings is 1. The maximum Gasteiger partial charge on any atom is 0.343 e. The number of carbonyl (C=O) groups excluding carboxylic acids is 2. The highest BCUT2D eigenvalue weighted by atomic mass is 32.1. The summed E-state index contributed by atoms with van der Waals surface area (Å²) in [5, 5.41) is 0. The van der Waals surface area contributed by atoms with Crippen molar-refractivity contribution in [1.82, 2.24) is 4.57 Å². The molecule has 1 unspecified atom stereocenters. The summed E-state index contributed by atoms with van der Waals surface area (Å²) in [5.74, 6) is -3.02. The molecule has 36 heavy (non-hydrogen) atoms. The van der Waals surface area contributed by atoms with Gasteiger partial charge in [-0.15, -0.1) is 11.3 Å². The summed E-state index contributed by atoms with van der Waals surface area (Å²) in [4.78, 5) is 39.7. The van der Waals surface area contributed by atoms with E-state index in [-0.39, 0.29) is 50.4 Å². The van der Waals surface area contributed by atoms with Crippen molar-refractivity contribution in [2.24, 2.45) is 5.73 Å². The van der Waals surface area contributed by atoms with Crippen LogP contribution in [0.1, 0.15) is 31.0 Å². The zero-order valence-corrected chi connectivity index (χ0v) is 20.2. The molecule has 1 aromatic heterocycles. The molecule has 0 fully saturated rings. The maximum atomic E-state index is 15.0. The van der Waals surface area contributed by atoms with Crippen LogP contribution >= 0.6 is 11.3 Å². The molecule has 2 aromatic carbocycles. The van der Waals surface area contributed by atoms with E-state index in [1.54, 1.807) is 26.0 Å². The Balaban J connectivity index is 2.15. The van der Waals surface area contributed by atoms with Crippen LogP contribution in [0.5, 0.6) is 0 Å². The highest BCUT2D eigenvalue weighted by Gasteiger charge is 2.39. The van der Waals surface area contributed by atoms with Gasteiger partial charge in [0.25, 0.3) is 5.56 Å². The summed E-state index contributed by atoms with van der Waals surface area (Å²) in [6.07, 6.45) is 1.33. The number of carbonyl (C=O) groups is 2. The van der Waals surface area contributed by atoms with Gasteiger partial charge < -0.3 is 15.2 Å². The predicted octanol–water partition coefficient (Wildman–Crippen LogP) is 2.11. The fourth-order valence-corrected chi connectivity index (χ4v) is 5.15. The number of nitrogens with two attached hydrogens (primary N) is 1. The Morgan fingerprint density at radius 1 is 1.00 bits per heavy atom. The minimum Gasteiger partial charge on any atom is -0.463 e. The highest BCUT2D eigenvalue weighted by Crippen LogP contribution is 2.33. The van der Waals surface area contributed by atoms with Crippen LogP contribution in [-0.4, -0.2) is 29.7 Å². The third-order valence-electron chi connectivity index (χ3n) is 5.53. The van der Waals surface area contributed by atoms with Gasteiger partial charge >= 0.3 is 11.9 Å². The molecule has 0 saturated heterocycles. The SMILES string of the molecule is CCOC(=O)C1=C(N)C(C(=O)OCC)=c2s/c(=C/c3ccccc3F)c(=O)n2C1c1ccccc1F. The molecule has 0 saturated carbocycles. The first kappa shape index (κ1) is 25.1. The normalized spacial score (nSPS) is 15.6. The van der Waals surface area contributed by atoms with E-state index in [9.17, 15) is 18.8 Å². The third-order valence-corrected chi connectivity index (χ3v) is 6.63. The van der Waals surface area contributed by atoms with E-state index >= 15 is 4.39 Å². The standard InChI is InChI=1S/C26H22F2N2O5S/c1-3-34-25(32)19-21(29)20(26(33)35-4-2)24-30(22(19)15-10-6-8-12-17(15)28)23(31)18(36-24)13-14-9-5-7-11-16(14)27/h5-13,22H,3-4,29H2,1-2H3/b18-13+. The lowest BCUT2D eigenvalue weighted by atomic mass is 9.91. The van der Waals surface area contributed by atoms with Crippen molar-refractivity contribution in [2.75, 3.05) is 13.2 Å². The number of benzene rings is 2. The molecule has 2 heterocycles. The molecular weight excluding hydrogens is 490 g/mol. The summed E-state index contributed by atoms with van der Waals surface area (Å²) < 4.78 is 40.9. The quantitative estimate of drug-likeness (QED) is 0.508. The maximum absolute atomic E-state index is 15.0. The third kappa shape index (κ3) is 4.35. The van der Waals surface area contributed by atoms with Crippen molar-refractivity contribution in [3.8, 4) is 0 Å². The van der Waals surface area contributed by atoms with Gasteiger partial charge in [0.1, 0.15) is 27.9 Å². The van der Waals surface area contributed by atoms with Gasteiger partial charge in [0.05, 0.1) is 29.0 Å². The molecule has 1 atom stereocenters. The zero-order chi connectivity index (χ0) is 26.0. The first-order valence-corrected chi connectivity index (χ1v) is 11.9. The van der Waals surface area contributed by atoms with Crippen molar-refractivity contribution in [3.63, 3.8) is 0 Å². The average Bonchev–Trinajstić information content (AvgIpc) is 3.15. The Bertz CT molecular complexity index is 1570. The minimum absolute atomic E-state index is 0.00487. The van der Waals surface area contributed by atoms with E-state index in [0.717, 1.165) is 15.9 Å². The monoisotopic (exact) mass is 512 g/mol. The van der Waals surface area contributed by atoms with E-state index in [1.165, 1.54) is 42.5 Å². The van der Waals surface area contributed by atoms with Gasteiger partial charge in [-0.2, -0.15) is 0 Å². The molecule has 1 aliphatic rings. The largest absolute Gasteiger partial charge is 0.463 e. The Hall–Kier alpha value is -4.05. The molecule has 1 aliphatic heterocycles. The van der Waals surface area contributed by atoms with E-state index < -0.39 is 35.2 Å². The molecule has 10 heteroatoms. The first-order chi connectivity index (χ1) is 17.3. The van der Waals surface area contributed by atoms with Crippen molar-refractivity contribution in [1.29, 1.82) is 0 Å². The van der Waals surface area contributed by atoms with E-state index in [1.807, 2.05) is 0 Å². The Kier molecular flexibility index (Phi) is 7.16. The lowest BCUT2D eigenvalue weighted by Crippen LogP contribution is -2.44. The van der Waals surface area contributed by atoms with Gasteiger partial charge in [0, 0.05) is 11.1 Å². The molecule has 0 spiro atoms. The summed E-state index contributed by atoms with van der Waals surface area (Å²) in [5.41, 5.74) is 5.04. The Morgan fingerprint density at radius 2 is 1.61 bits per heavy atom. The van der Waals surface area contributed by atoms with Crippen LogP contribution in [0.15, 0.2) is 64.6 Å². The molecule has 4 rings (SSSR count). The number of hydrogen-bond donors (Lipinski definition) is 1. The number of ether oxygens (including phenoxy) is 2. The molecular formula is C26H22F2N2O5S. The summed E-state index contributed by atoms with van der Waals surface area (Å²) in [6.45, 7) is 3.15. The first-order valence-electron chi connectivity index (χ1n) is 11.1. The van der Waals surface area contributed by atoms with Gasteiger partial charge in [-0.25, -0.2) is 18.4 Å². The van der Waals surface area contributed by atoms with Crippen molar-refractivity contribution < 1.29 is 27.8 Å². The molecule has 0 bridgehead atoms. The van der Waals surface area contributed by atoms with Gasteiger partial charge in [-0.05, 0) is 32.1 Å². The number of nitrogens with zero attached hydrogens (tertiary/aromatic N) is 1. The van der Waals surface area contributed by atoms with Crippen molar-refractivity contribution in [3.05, 3.63) is 102 Å². The summed E-state index contributed by atoms with van der Waals surface area (Å²) in [6, 6.07) is 10.1.